The van der Waals surface area contributed by atoms with Crippen LogP contribution in [0.25, 0.3) is 0 Å². The van der Waals surface area contributed by atoms with Crippen LogP contribution in [0.5, 0.6) is 0 Å². The Morgan fingerprint density at radius 1 is 1.50 bits per heavy atom. The molecular formula is C13H23NO2. The lowest BCUT2D eigenvalue weighted by molar-refractivity contribution is -0.126. The molecule has 92 valence electrons. The molecule has 1 rings (SSSR count). The van der Waals surface area contributed by atoms with Crippen LogP contribution in [0.15, 0.2) is 12.2 Å². The molecule has 2 N–H and O–H groups in total. The average molecular weight is 225 g/mol. The number of amides is 1. The van der Waals surface area contributed by atoms with Gasteiger partial charge in [0.25, 0.3) is 0 Å². The fraction of sp³-hybridized carbons (Fsp3) is 0.769. The summed E-state index contributed by atoms with van der Waals surface area (Å²) in [6, 6.07) is 0.108. The van der Waals surface area contributed by atoms with E-state index in [1.54, 1.807) is 0 Å². The van der Waals surface area contributed by atoms with Crippen molar-refractivity contribution in [2.75, 3.05) is 6.61 Å². The molecular weight excluding hydrogens is 202 g/mol. The number of aliphatic hydroxyl groups is 1. The summed E-state index contributed by atoms with van der Waals surface area (Å²) in [5, 5.41) is 12.0. The van der Waals surface area contributed by atoms with E-state index < -0.39 is 0 Å². The highest BCUT2D eigenvalue weighted by molar-refractivity contribution is 5.79. The third-order valence-electron chi connectivity index (χ3n) is 3.65. The topological polar surface area (TPSA) is 49.3 Å². The molecule has 4 atom stereocenters. The molecule has 0 bridgehead atoms. The number of nitrogens with one attached hydrogen (secondary N) is 1. The van der Waals surface area contributed by atoms with Crippen LogP contribution in [-0.4, -0.2) is 23.7 Å². The summed E-state index contributed by atoms with van der Waals surface area (Å²) in [6.45, 7) is 6.35. The van der Waals surface area contributed by atoms with Crippen LogP contribution in [-0.2, 0) is 4.79 Å². The molecule has 16 heavy (non-hydrogen) atoms. The van der Waals surface area contributed by atoms with Crippen molar-refractivity contribution in [3.05, 3.63) is 12.2 Å². The lowest BCUT2D eigenvalue weighted by atomic mass is 9.92. The van der Waals surface area contributed by atoms with Gasteiger partial charge in [0.05, 0.1) is 0 Å². The molecule has 0 aliphatic heterocycles. The minimum Gasteiger partial charge on any atom is -0.396 e. The van der Waals surface area contributed by atoms with Crippen LogP contribution in [0, 0.1) is 17.8 Å². The monoisotopic (exact) mass is 225 g/mol. The van der Waals surface area contributed by atoms with E-state index in [9.17, 15) is 4.79 Å². The highest BCUT2D eigenvalue weighted by Gasteiger charge is 2.24. The summed E-state index contributed by atoms with van der Waals surface area (Å²) in [5.74, 6) is 0.817. The Hall–Kier alpha value is -0.830. The minimum atomic E-state index is 0.0616. The van der Waals surface area contributed by atoms with Gasteiger partial charge in [0.15, 0.2) is 0 Å². The van der Waals surface area contributed by atoms with Gasteiger partial charge >= 0.3 is 0 Å². The molecule has 1 aliphatic carbocycles. The lowest BCUT2D eigenvalue weighted by Gasteiger charge is -2.20. The normalized spacial score (nSPS) is 27.8. The van der Waals surface area contributed by atoms with Crippen molar-refractivity contribution in [2.45, 2.75) is 39.7 Å². The highest BCUT2D eigenvalue weighted by Crippen LogP contribution is 2.19. The van der Waals surface area contributed by atoms with Gasteiger partial charge in [-0.1, -0.05) is 39.3 Å². The van der Waals surface area contributed by atoms with Gasteiger partial charge in [0, 0.05) is 24.5 Å². The van der Waals surface area contributed by atoms with Crippen molar-refractivity contribution in [3.8, 4) is 0 Å². The number of carbonyl (C=O) groups excluding carboxylic acids is 1. The molecule has 3 heteroatoms. The predicted octanol–water partition coefficient (Wildman–Crippen LogP) is 1.72. The number of rotatable bonds is 5. The summed E-state index contributed by atoms with van der Waals surface area (Å²) in [6.07, 6.45) is 5.82. The van der Waals surface area contributed by atoms with Gasteiger partial charge in [-0.25, -0.2) is 0 Å². The van der Waals surface area contributed by atoms with Crippen molar-refractivity contribution in [1.29, 1.82) is 0 Å². The Kier molecular flexibility index (Phi) is 5.00. The molecule has 0 saturated heterocycles. The van der Waals surface area contributed by atoms with Gasteiger partial charge in [0.2, 0.25) is 5.91 Å². The van der Waals surface area contributed by atoms with Crippen LogP contribution in [0.4, 0.5) is 0 Å². The quantitative estimate of drug-likeness (QED) is 0.700. The molecule has 1 amide bonds. The van der Waals surface area contributed by atoms with Gasteiger partial charge in [-0.15, -0.1) is 0 Å². The van der Waals surface area contributed by atoms with Crippen LogP contribution in [0.2, 0.25) is 0 Å². The van der Waals surface area contributed by atoms with Gasteiger partial charge in [-0.05, 0) is 12.3 Å². The summed E-state index contributed by atoms with van der Waals surface area (Å²) in [5.41, 5.74) is 0. The Morgan fingerprint density at radius 3 is 2.69 bits per heavy atom. The molecule has 0 fully saturated rings. The van der Waals surface area contributed by atoms with Crippen molar-refractivity contribution in [1.82, 2.24) is 5.32 Å². The van der Waals surface area contributed by atoms with Crippen LogP contribution < -0.4 is 5.32 Å². The van der Waals surface area contributed by atoms with Crippen molar-refractivity contribution in [2.24, 2.45) is 17.8 Å². The SMILES string of the molecule is CCC(C)C(C)C(=O)N[C@@H]1C=C[C@H](CO)C1. The first kappa shape index (κ1) is 13.2. The first-order valence-electron chi connectivity index (χ1n) is 6.18. The molecule has 0 aromatic carbocycles. The predicted molar refractivity (Wildman–Crippen MR) is 64.9 cm³/mol. The molecule has 3 nitrogen and oxygen atoms in total. The van der Waals surface area contributed by atoms with Crippen LogP contribution >= 0.6 is 0 Å². The third kappa shape index (κ3) is 3.34. The average Bonchev–Trinajstić information content (AvgIpc) is 2.74. The first-order chi connectivity index (χ1) is 7.58. The Morgan fingerprint density at radius 2 is 2.19 bits per heavy atom. The third-order valence-corrected chi connectivity index (χ3v) is 3.65. The summed E-state index contributed by atoms with van der Waals surface area (Å²) in [7, 11) is 0. The largest absolute Gasteiger partial charge is 0.396 e. The zero-order valence-corrected chi connectivity index (χ0v) is 10.4. The standard InChI is InChI=1S/C13H23NO2/c1-4-9(2)10(3)13(16)14-12-6-5-11(7-12)8-15/h5-6,9-12,15H,4,7-8H2,1-3H3,(H,14,16)/t9?,10?,11-,12+/m0/s1. The van der Waals surface area contributed by atoms with Crippen molar-refractivity contribution >= 4 is 5.91 Å². The maximum Gasteiger partial charge on any atom is 0.223 e. The molecule has 2 unspecified atom stereocenters. The Bertz CT molecular complexity index is 263. The second kappa shape index (κ2) is 6.04. The maximum atomic E-state index is 11.9. The number of aliphatic hydroxyl groups excluding tert-OH is 1. The molecule has 0 aromatic rings. The summed E-state index contributed by atoms with van der Waals surface area (Å²) < 4.78 is 0. The maximum absolute atomic E-state index is 11.9. The van der Waals surface area contributed by atoms with Gasteiger partial charge < -0.3 is 10.4 Å². The van der Waals surface area contributed by atoms with E-state index in [2.05, 4.69) is 19.2 Å². The van der Waals surface area contributed by atoms with E-state index in [-0.39, 0.29) is 30.4 Å². The summed E-state index contributed by atoms with van der Waals surface area (Å²) in [4.78, 5) is 11.9. The van der Waals surface area contributed by atoms with Gasteiger partial charge in [0.1, 0.15) is 0 Å². The fourth-order valence-electron chi connectivity index (χ4n) is 1.94. The second-order valence-electron chi connectivity index (χ2n) is 4.85. The van der Waals surface area contributed by atoms with Gasteiger partial charge in [-0.3, -0.25) is 4.79 Å². The van der Waals surface area contributed by atoms with E-state index in [4.69, 9.17) is 5.11 Å². The smallest absolute Gasteiger partial charge is 0.223 e. The molecule has 0 radical (unpaired) electrons. The lowest BCUT2D eigenvalue weighted by Crippen LogP contribution is -2.38. The fourth-order valence-corrected chi connectivity index (χ4v) is 1.94. The molecule has 0 spiro atoms. The zero-order valence-electron chi connectivity index (χ0n) is 10.4. The number of carbonyl (C=O) groups is 1. The minimum absolute atomic E-state index is 0.0616. The molecule has 0 heterocycles. The van der Waals surface area contributed by atoms with Gasteiger partial charge in [-0.2, -0.15) is 0 Å². The van der Waals surface area contributed by atoms with E-state index in [1.807, 2.05) is 19.1 Å². The molecule has 0 aromatic heterocycles. The van der Waals surface area contributed by atoms with Crippen LogP contribution in [0.1, 0.15) is 33.6 Å². The Labute approximate surface area is 97.9 Å². The second-order valence-corrected chi connectivity index (χ2v) is 4.85. The highest BCUT2D eigenvalue weighted by atomic mass is 16.3. The summed E-state index contributed by atoms with van der Waals surface area (Å²) >= 11 is 0. The number of hydrogen-bond acceptors (Lipinski definition) is 2. The first-order valence-corrected chi connectivity index (χ1v) is 6.18. The van der Waals surface area contributed by atoms with E-state index >= 15 is 0 Å². The number of hydrogen-bond donors (Lipinski definition) is 2. The van der Waals surface area contributed by atoms with E-state index in [0.29, 0.717) is 5.92 Å². The van der Waals surface area contributed by atoms with E-state index in [1.165, 1.54) is 0 Å². The van der Waals surface area contributed by atoms with Crippen molar-refractivity contribution in [3.63, 3.8) is 0 Å². The van der Waals surface area contributed by atoms with Crippen LogP contribution in [0.3, 0.4) is 0 Å². The Balaban J connectivity index is 2.38. The molecule has 1 aliphatic rings. The van der Waals surface area contributed by atoms with Crippen molar-refractivity contribution < 1.29 is 9.90 Å². The van der Waals surface area contributed by atoms with E-state index in [0.717, 1.165) is 12.8 Å². The molecule has 0 saturated carbocycles. The zero-order chi connectivity index (χ0) is 12.1.